The first-order chi connectivity index (χ1) is 10.5. The number of aryl methyl sites for hydroxylation is 2. The van der Waals surface area contributed by atoms with Crippen molar-refractivity contribution in [2.45, 2.75) is 33.1 Å². The molecule has 5 heteroatoms. The van der Waals surface area contributed by atoms with E-state index in [0.717, 1.165) is 11.3 Å². The number of carbonyl (C=O) groups excluding carboxylic acids is 1. The highest BCUT2D eigenvalue weighted by atomic mass is 16.5. The number of hydrogen-bond donors (Lipinski definition) is 1. The topological polar surface area (TPSA) is 66.8 Å². The summed E-state index contributed by atoms with van der Waals surface area (Å²) in [6.45, 7) is 5.42. The predicted octanol–water partition coefficient (Wildman–Crippen LogP) is 2.40. The highest BCUT2D eigenvalue weighted by molar-refractivity contribution is 5.77. The highest BCUT2D eigenvalue weighted by Gasteiger charge is 2.26. The quantitative estimate of drug-likeness (QED) is 0.907. The van der Waals surface area contributed by atoms with Crippen LogP contribution in [0.3, 0.4) is 0 Å². The number of ether oxygens (including phenoxy) is 1. The molecular formula is C17H23NO4. The zero-order chi connectivity index (χ0) is 16.1. The maximum absolute atomic E-state index is 12.1. The van der Waals surface area contributed by atoms with Gasteiger partial charge in [-0.1, -0.05) is 17.7 Å². The van der Waals surface area contributed by atoms with Crippen LogP contribution in [0.15, 0.2) is 18.2 Å². The Morgan fingerprint density at radius 3 is 2.55 bits per heavy atom. The maximum atomic E-state index is 12.1. The van der Waals surface area contributed by atoms with Crippen molar-refractivity contribution >= 4 is 11.9 Å². The Bertz CT molecular complexity index is 548. The molecule has 5 nitrogen and oxygen atoms in total. The average Bonchev–Trinajstić information content (AvgIpc) is 2.49. The first-order valence-corrected chi connectivity index (χ1v) is 7.68. The summed E-state index contributed by atoms with van der Waals surface area (Å²) in [6, 6.07) is 5.96. The molecule has 120 valence electrons. The molecule has 1 saturated heterocycles. The Morgan fingerprint density at radius 2 is 1.95 bits per heavy atom. The molecule has 0 spiro atoms. The molecule has 1 heterocycles. The number of nitrogens with zero attached hydrogens (tertiary/aromatic N) is 1. The molecule has 1 fully saturated rings. The highest BCUT2D eigenvalue weighted by Crippen LogP contribution is 2.20. The van der Waals surface area contributed by atoms with Gasteiger partial charge in [0.15, 0.2) is 0 Å². The summed E-state index contributed by atoms with van der Waals surface area (Å²) < 4.78 is 5.67. The smallest absolute Gasteiger partial charge is 0.306 e. The summed E-state index contributed by atoms with van der Waals surface area (Å²) in [5, 5.41) is 8.95. The fourth-order valence-electron chi connectivity index (χ4n) is 2.74. The number of piperidine rings is 1. The van der Waals surface area contributed by atoms with Gasteiger partial charge in [0.05, 0.1) is 18.9 Å². The lowest BCUT2D eigenvalue weighted by molar-refractivity contribution is -0.145. The third-order valence-electron chi connectivity index (χ3n) is 4.10. The van der Waals surface area contributed by atoms with Gasteiger partial charge in [0.2, 0.25) is 5.91 Å². The van der Waals surface area contributed by atoms with Crippen LogP contribution in [0.5, 0.6) is 5.75 Å². The molecule has 0 unspecified atom stereocenters. The van der Waals surface area contributed by atoms with Crippen molar-refractivity contribution in [1.29, 1.82) is 0 Å². The standard InChI is InChI=1S/C17H23NO4/c1-12-3-4-15(13(2)11-12)22-10-7-16(19)18-8-5-14(6-9-18)17(20)21/h3-4,11,14H,5-10H2,1-2H3,(H,20,21). The minimum atomic E-state index is -0.759. The lowest BCUT2D eigenvalue weighted by Gasteiger charge is -2.30. The van der Waals surface area contributed by atoms with E-state index < -0.39 is 5.97 Å². The van der Waals surface area contributed by atoms with Crippen LogP contribution in [0, 0.1) is 19.8 Å². The molecule has 1 N–H and O–H groups in total. The van der Waals surface area contributed by atoms with Gasteiger partial charge in [-0.05, 0) is 38.3 Å². The van der Waals surface area contributed by atoms with E-state index in [-0.39, 0.29) is 11.8 Å². The van der Waals surface area contributed by atoms with Gasteiger partial charge in [0.1, 0.15) is 5.75 Å². The summed E-state index contributed by atoms with van der Waals surface area (Å²) in [5.74, 6) is -0.225. The molecule has 1 aliphatic heterocycles. The van der Waals surface area contributed by atoms with Gasteiger partial charge in [0.25, 0.3) is 0 Å². The van der Waals surface area contributed by atoms with E-state index in [0.29, 0.717) is 39.0 Å². The van der Waals surface area contributed by atoms with E-state index in [2.05, 4.69) is 0 Å². The van der Waals surface area contributed by atoms with Crippen LogP contribution >= 0.6 is 0 Å². The molecule has 0 atom stereocenters. The van der Waals surface area contributed by atoms with E-state index in [1.807, 2.05) is 32.0 Å². The van der Waals surface area contributed by atoms with E-state index in [4.69, 9.17) is 9.84 Å². The molecule has 2 rings (SSSR count). The van der Waals surface area contributed by atoms with E-state index in [9.17, 15) is 9.59 Å². The Kier molecular flexibility index (Phi) is 5.41. The molecule has 1 aromatic carbocycles. The van der Waals surface area contributed by atoms with Crippen LogP contribution in [0.1, 0.15) is 30.4 Å². The predicted molar refractivity (Wildman–Crippen MR) is 83.0 cm³/mol. The van der Waals surface area contributed by atoms with Crippen molar-refractivity contribution in [3.63, 3.8) is 0 Å². The molecule has 22 heavy (non-hydrogen) atoms. The molecule has 1 amide bonds. The molecule has 0 aliphatic carbocycles. The molecule has 1 aromatic rings. The van der Waals surface area contributed by atoms with Crippen molar-refractivity contribution in [3.05, 3.63) is 29.3 Å². The maximum Gasteiger partial charge on any atom is 0.306 e. The van der Waals surface area contributed by atoms with Crippen LogP contribution in [-0.2, 0) is 9.59 Å². The number of aliphatic carboxylic acids is 1. The van der Waals surface area contributed by atoms with Gasteiger partial charge in [-0.3, -0.25) is 9.59 Å². The third-order valence-corrected chi connectivity index (χ3v) is 4.10. The zero-order valence-corrected chi connectivity index (χ0v) is 13.2. The van der Waals surface area contributed by atoms with E-state index in [1.165, 1.54) is 5.56 Å². The van der Waals surface area contributed by atoms with Crippen LogP contribution in [0.25, 0.3) is 0 Å². The summed E-state index contributed by atoms with van der Waals surface area (Å²) in [5.41, 5.74) is 2.25. The van der Waals surface area contributed by atoms with Gasteiger partial charge in [-0.2, -0.15) is 0 Å². The molecule has 0 saturated carbocycles. The molecular weight excluding hydrogens is 282 g/mol. The lowest BCUT2D eigenvalue weighted by Crippen LogP contribution is -2.40. The Morgan fingerprint density at radius 1 is 1.27 bits per heavy atom. The van der Waals surface area contributed by atoms with Crippen LogP contribution in [0.4, 0.5) is 0 Å². The first-order valence-electron chi connectivity index (χ1n) is 7.68. The Labute approximate surface area is 130 Å². The number of carboxylic acids is 1. The fraction of sp³-hybridized carbons (Fsp3) is 0.529. The fourth-order valence-corrected chi connectivity index (χ4v) is 2.74. The third kappa shape index (κ3) is 4.23. The molecule has 0 aromatic heterocycles. The zero-order valence-electron chi connectivity index (χ0n) is 13.2. The SMILES string of the molecule is Cc1ccc(OCCC(=O)N2CCC(C(=O)O)CC2)c(C)c1. The van der Waals surface area contributed by atoms with Crippen LogP contribution in [-0.4, -0.2) is 41.6 Å². The van der Waals surface area contributed by atoms with Crippen LogP contribution in [0.2, 0.25) is 0 Å². The number of rotatable bonds is 5. The average molecular weight is 305 g/mol. The number of hydrogen-bond acceptors (Lipinski definition) is 3. The largest absolute Gasteiger partial charge is 0.493 e. The van der Waals surface area contributed by atoms with Crippen molar-refractivity contribution in [3.8, 4) is 5.75 Å². The number of likely N-dealkylation sites (tertiary alicyclic amines) is 1. The Hall–Kier alpha value is -2.04. The Balaban J connectivity index is 1.75. The van der Waals surface area contributed by atoms with Crippen molar-refractivity contribution in [2.75, 3.05) is 19.7 Å². The normalized spacial score (nSPS) is 15.6. The van der Waals surface area contributed by atoms with Gasteiger partial charge < -0.3 is 14.7 Å². The van der Waals surface area contributed by atoms with Gasteiger partial charge >= 0.3 is 5.97 Å². The van der Waals surface area contributed by atoms with E-state index in [1.54, 1.807) is 4.90 Å². The van der Waals surface area contributed by atoms with Crippen molar-refractivity contribution in [1.82, 2.24) is 4.90 Å². The van der Waals surface area contributed by atoms with Gasteiger partial charge in [-0.25, -0.2) is 0 Å². The summed E-state index contributed by atoms with van der Waals surface area (Å²) in [7, 11) is 0. The molecule has 0 bridgehead atoms. The molecule has 1 aliphatic rings. The number of carbonyl (C=O) groups is 2. The summed E-state index contributed by atoms with van der Waals surface area (Å²) >= 11 is 0. The number of amides is 1. The van der Waals surface area contributed by atoms with E-state index >= 15 is 0 Å². The summed E-state index contributed by atoms with van der Waals surface area (Å²) in [6.07, 6.45) is 1.41. The van der Waals surface area contributed by atoms with Crippen molar-refractivity contribution < 1.29 is 19.4 Å². The lowest BCUT2D eigenvalue weighted by atomic mass is 9.97. The summed E-state index contributed by atoms with van der Waals surface area (Å²) in [4.78, 5) is 24.7. The second-order valence-electron chi connectivity index (χ2n) is 5.86. The van der Waals surface area contributed by atoms with Gasteiger partial charge in [-0.15, -0.1) is 0 Å². The van der Waals surface area contributed by atoms with Crippen LogP contribution < -0.4 is 4.74 Å². The molecule has 0 radical (unpaired) electrons. The first kappa shape index (κ1) is 16.3. The monoisotopic (exact) mass is 305 g/mol. The number of carboxylic acid groups (broad SMARTS) is 1. The minimum absolute atomic E-state index is 0.0357. The second kappa shape index (κ2) is 7.29. The minimum Gasteiger partial charge on any atom is -0.493 e. The van der Waals surface area contributed by atoms with Crippen molar-refractivity contribution in [2.24, 2.45) is 5.92 Å². The second-order valence-corrected chi connectivity index (χ2v) is 5.86. The number of benzene rings is 1. The van der Waals surface area contributed by atoms with Gasteiger partial charge in [0, 0.05) is 13.1 Å².